The lowest BCUT2D eigenvalue weighted by atomic mass is 10.0. The van der Waals surface area contributed by atoms with Gasteiger partial charge in [-0.3, -0.25) is 9.59 Å². The quantitative estimate of drug-likeness (QED) is 0.736. The fraction of sp³-hybridized carbons (Fsp3) is 0.471. The molecule has 1 heterocycles. The van der Waals surface area contributed by atoms with Gasteiger partial charge in [-0.15, -0.1) is 0 Å². The Morgan fingerprint density at radius 1 is 1.27 bits per heavy atom. The molecule has 1 fully saturated rings. The van der Waals surface area contributed by atoms with Gasteiger partial charge in [0.15, 0.2) is 16.4 Å². The van der Waals surface area contributed by atoms with Crippen LogP contribution in [-0.4, -0.2) is 56.6 Å². The average Bonchev–Trinajstić information content (AvgIpc) is 2.58. The van der Waals surface area contributed by atoms with Gasteiger partial charge in [0.05, 0.1) is 10.5 Å². The first-order valence-corrected chi connectivity index (χ1v) is 10.1. The number of nitrogens with two attached hydrogens (primary N) is 1. The maximum atomic E-state index is 12.3. The standard InChI is InChI=1S/C17H22N2O6S/c1-11-6-7-12(26(2,23)24)9-13(11)17(22)25-10-15(20)19-8-4-3-5-14(19)16(18)21/h6-7,9,14H,3-5,8,10H2,1-2H3,(H2,18,21)/t14-/m1/s1. The SMILES string of the molecule is Cc1ccc(S(C)(=O)=O)cc1C(=O)OCC(=O)N1CCCC[C@@H]1C(N)=O. The van der Waals surface area contributed by atoms with Crippen molar-refractivity contribution in [1.29, 1.82) is 0 Å². The molecule has 1 saturated heterocycles. The predicted octanol–water partition coefficient (Wildman–Crippen LogP) is 0.422. The third-order valence-electron chi connectivity index (χ3n) is 4.34. The van der Waals surface area contributed by atoms with E-state index in [4.69, 9.17) is 10.5 Å². The molecule has 2 amide bonds. The largest absolute Gasteiger partial charge is 0.452 e. The average molecular weight is 382 g/mol. The molecule has 2 rings (SSSR count). The summed E-state index contributed by atoms with van der Waals surface area (Å²) in [6.45, 7) is 1.48. The summed E-state index contributed by atoms with van der Waals surface area (Å²) in [4.78, 5) is 37.4. The molecule has 0 spiro atoms. The van der Waals surface area contributed by atoms with Gasteiger partial charge in [-0.2, -0.15) is 0 Å². The predicted molar refractivity (Wildman–Crippen MR) is 93.1 cm³/mol. The Labute approximate surface area is 152 Å². The number of carbonyl (C=O) groups is 3. The van der Waals surface area contributed by atoms with Crippen LogP contribution in [0.5, 0.6) is 0 Å². The molecule has 0 aromatic heterocycles. The van der Waals surface area contributed by atoms with Gasteiger partial charge in [-0.25, -0.2) is 13.2 Å². The Morgan fingerprint density at radius 2 is 1.96 bits per heavy atom. The summed E-state index contributed by atoms with van der Waals surface area (Å²) in [5.41, 5.74) is 5.93. The van der Waals surface area contributed by atoms with E-state index in [-0.39, 0.29) is 10.5 Å². The van der Waals surface area contributed by atoms with Gasteiger partial charge in [-0.1, -0.05) is 6.07 Å². The summed E-state index contributed by atoms with van der Waals surface area (Å²) in [6, 6.07) is 3.44. The summed E-state index contributed by atoms with van der Waals surface area (Å²) >= 11 is 0. The lowest BCUT2D eigenvalue weighted by molar-refractivity contribution is -0.143. The molecule has 0 saturated carbocycles. The first-order valence-electron chi connectivity index (χ1n) is 8.18. The highest BCUT2D eigenvalue weighted by atomic mass is 32.2. The van der Waals surface area contributed by atoms with E-state index in [1.165, 1.54) is 23.1 Å². The molecule has 2 N–H and O–H groups in total. The second kappa shape index (κ2) is 7.86. The zero-order valence-electron chi connectivity index (χ0n) is 14.7. The summed E-state index contributed by atoms with van der Waals surface area (Å²) in [5, 5.41) is 0. The molecule has 0 radical (unpaired) electrons. The third-order valence-corrected chi connectivity index (χ3v) is 5.45. The Bertz CT molecular complexity index is 834. The van der Waals surface area contributed by atoms with Crippen molar-refractivity contribution in [3.8, 4) is 0 Å². The molecule has 1 aliphatic heterocycles. The van der Waals surface area contributed by atoms with E-state index in [9.17, 15) is 22.8 Å². The van der Waals surface area contributed by atoms with E-state index >= 15 is 0 Å². The van der Waals surface area contributed by atoms with E-state index in [1.54, 1.807) is 6.92 Å². The molecule has 8 nitrogen and oxygen atoms in total. The highest BCUT2D eigenvalue weighted by molar-refractivity contribution is 7.90. The van der Waals surface area contributed by atoms with Crippen LogP contribution in [0.4, 0.5) is 0 Å². The Morgan fingerprint density at radius 3 is 2.58 bits per heavy atom. The van der Waals surface area contributed by atoms with Crippen molar-refractivity contribution < 1.29 is 27.5 Å². The van der Waals surface area contributed by atoms with Crippen LogP contribution >= 0.6 is 0 Å². The molecule has 142 valence electrons. The number of benzene rings is 1. The highest BCUT2D eigenvalue weighted by Crippen LogP contribution is 2.19. The van der Waals surface area contributed by atoms with Crippen molar-refractivity contribution in [1.82, 2.24) is 4.90 Å². The number of sulfone groups is 1. The first kappa shape index (κ1) is 19.9. The maximum absolute atomic E-state index is 12.3. The van der Waals surface area contributed by atoms with Crippen LogP contribution in [0.15, 0.2) is 23.1 Å². The first-order chi connectivity index (χ1) is 12.1. The van der Waals surface area contributed by atoms with E-state index in [0.717, 1.165) is 19.1 Å². The van der Waals surface area contributed by atoms with Crippen molar-refractivity contribution in [3.05, 3.63) is 29.3 Å². The summed E-state index contributed by atoms with van der Waals surface area (Å²) < 4.78 is 28.3. The van der Waals surface area contributed by atoms with Crippen LogP contribution in [0.1, 0.15) is 35.2 Å². The van der Waals surface area contributed by atoms with Crippen LogP contribution in [0.25, 0.3) is 0 Å². The molecule has 1 aromatic carbocycles. The number of aryl methyl sites for hydroxylation is 1. The third kappa shape index (κ3) is 4.60. The van der Waals surface area contributed by atoms with Gasteiger partial charge >= 0.3 is 5.97 Å². The molecule has 0 aliphatic carbocycles. The normalized spacial score (nSPS) is 17.6. The molecule has 9 heteroatoms. The maximum Gasteiger partial charge on any atom is 0.338 e. The second-order valence-electron chi connectivity index (χ2n) is 6.33. The Balaban J connectivity index is 2.08. The van der Waals surface area contributed by atoms with E-state index in [1.807, 2.05) is 0 Å². The fourth-order valence-electron chi connectivity index (χ4n) is 2.87. The van der Waals surface area contributed by atoms with Crippen LogP contribution in [-0.2, 0) is 24.2 Å². The zero-order chi connectivity index (χ0) is 19.5. The van der Waals surface area contributed by atoms with Crippen molar-refractivity contribution in [2.45, 2.75) is 37.1 Å². The molecule has 1 aromatic rings. The number of primary amides is 1. The molecular formula is C17H22N2O6S. The highest BCUT2D eigenvalue weighted by Gasteiger charge is 2.31. The number of hydrogen-bond acceptors (Lipinski definition) is 6. The molecule has 1 atom stereocenters. The molecule has 26 heavy (non-hydrogen) atoms. The monoisotopic (exact) mass is 382 g/mol. The number of hydrogen-bond donors (Lipinski definition) is 1. The minimum absolute atomic E-state index is 0.00815. The number of piperidine rings is 1. The van der Waals surface area contributed by atoms with Gasteiger partial charge < -0.3 is 15.4 Å². The summed E-state index contributed by atoms with van der Waals surface area (Å²) in [7, 11) is -3.48. The number of esters is 1. The summed E-state index contributed by atoms with van der Waals surface area (Å²) in [5.74, 6) is -1.88. The van der Waals surface area contributed by atoms with Crippen molar-refractivity contribution in [2.24, 2.45) is 5.73 Å². The van der Waals surface area contributed by atoms with E-state index in [2.05, 4.69) is 0 Å². The van der Waals surface area contributed by atoms with Gasteiger partial charge in [0.25, 0.3) is 5.91 Å². The van der Waals surface area contributed by atoms with Gasteiger partial charge in [0, 0.05) is 12.8 Å². The van der Waals surface area contributed by atoms with Crippen molar-refractivity contribution in [3.63, 3.8) is 0 Å². The van der Waals surface area contributed by atoms with E-state index < -0.39 is 40.3 Å². The van der Waals surface area contributed by atoms with Crippen molar-refractivity contribution in [2.75, 3.05) is 19.4 Å². The van der Waals surface area contributed by atoms with Gasteiger partial charge in [-0.05, 0) is 43.9 Å². The van der Waals surface area contributed by atoms with Crippen LogP contribution < -0.4 is 5.73 Å². The molecule has 1 aliphatic rings. The second-order valence-corrected chi connectivity index (χ2v) is 8.34. The minimum Gasteiger partial charge on any atom is -0.452 e. The molecule has 0 bridgehead atoms. The zero-order valence-corrected chi connectivity index (χ0v) is 15.5. The number of nitrogens with zero attached hydrogens (tertiary/aromatic N) is 1. The number of carbonyl (C=O) groups excluding carboxylic acids is 3. The molecule has 0 unspecified atom stereocenters. The van der Waals surface area contributed by atoms with E-state index in [0.29, 0.717) is 18.5 Å². The lowest BCUT2D eigenvalue weighted by Gasteiger charge is -2.33. The number of amides is 2. The van der Waals surface area contributed by atoms with Crippen LogP contribution in [0, 0.1) is 6.92 Å². The molecular weight excluding hydrogens is 360 g/mol. The lowest BCUT2D eigenvalue weighted by Crippen LogP contribution is -2.51. The van der Waals surface area contributed by atoms with Crippen LogP contribution in [0.3, 0.4) is 0 Å². The number of likely N-dealkylation sites (tertiary alicyclic amines) is 1. The fourth-order valence-corrected chi connectivity index (χ4v) is 3.51. The smallest absolute Gasteiger partial charge is 0.338 e. The van der Waals surface area contributed by atoms with Gasteiger partial charge in [0.1, 0.15) is 6.04 Å². The van der Waals surface area contributed by atoms with Crippen LogP contribution in [0.2, 0.25) is 0 Å². The Kier molecular flexibility index (Phi) is 6.01. The number of ether oxygens (including phenoxy) is 1. The van der Waals surface area contributed by atoms with Gasteiger partial charge in [0.2, 0.25) is 5.91 Å². The topological polar surface area (TPSA) is 124 Å². The number of rotatable bonds is 5. The summed E-state index contributed by atoms with van der Waals surface area (Å²) in [6.07, 6.45) is 3.08. The van der Waals surface area contributed by atoms with Crippen molar-refractivity contribution >= 4 is 27.6 Å². The minimum atomic E-state index is -3.48. The Hall–Kier alpha value is -2.42.